The van der Waals surface area contributed by atoms with E-state index in [0.717, 1.165) is 25.0 Å². The summed E-state index contributed by atoms with van der Waals surface area (Å²) in [5.74, 6) is 0. The van der Waals surface area contributed by atoms with Crippen LogP contribution in [0.2, 0.25) is 0 Å². The molecule has 1 heterocycles. The van der Waals surface area contributed by atoms with Crippen molar-refractivity contribution in [1.82, 2.24) is 5.32 Å². The van der Waals surface area contributed by atoms with E-state index in [0.29, 0.717) is 11.3 Å². The average Bonchev–Trinajstić information content (AvgIpc) is 2.52. The van der Waals surface area contributed by atoms with E-state index in [1.807, 2.05) is 0 Å². The first-order valence-corrected chi connectivity index (χ1v) is 8.81. The van der Waals surface area contributed by atoms with Crippen LogP contribution in [0.25, 0.3) is 0 Å². The van der Waals surface area contributed by atoms with Gasteiger partial charge >= 0.3 is 0 Å². The lowest BCUT2D eigenvalue weighted by atomic mass is 10.0. The van der Waals surface area contributed by atoms with E-state index in [1.54, 1.807) is 0 Å². The lowest BCUT2D eigenvalue weighted by Crippen LogP contribution is -2.32. The molecule has 0 spiro atoms. The fourth-order valence-electron chi connectivity index (χ4n) is 2.81. The van der Waals surface area contributed by atoms with Crippen molar-refractivity contribution in [1.29, 1.82) is 0 Å². The highest BCUT2D eigenvalue weighted by Gasteiger charge is 2.25. The van der Waals surface area contributed by atoms with Crippen LogP contribution in [-0.4, -0.2) is 30.3 Å². The highest BCUT2D eigenvalue weighted by molar-refractivity contribution is 8.00. The molecule has 1 saturated heterocycles. The maximum atomic E-state index is 5.48. The largest absolute Gasteiger partial charge is 0.381 e. The van der Waals surface area contributed by atoms with Crippen LogP contribution >= 0.6 is 11.8 Å². The maximum Gasteiger partial charge on any atom is 0.0476 e. The summed E-state index contributed by atoms with van der Waals surface area (Å²) in [6, 6.07) is 11.3. The minimum atomic E-state index is 0.457. The van der Waals surface area contributed by atoms with Gasteiger partial charge in [-0.2, -0.15) is 11.8 Å². The Hall–Kier alpha value is -0.510. The lowest BCUT2D eigenvalue weighted by Gasteiger charge is -2.32. The van der Waals surface area contributed by atoms with Gasteiger partial charge < -0.3 is 10.1 Å². The molecule has 2 rings (SSSR count). The molecular weight excluding hydrogens is 266 g/mol. The van der Waals surface area contributed by atoms with E-state index < -0.39 is 0 Å². The number of benzene rings is 1. The second kappa shape index (κ2) is 8.71. The molecule has 0 bridgehead atoms. The summed E-state index contributed by atoms with van der Waals surface area (Å²) in [6.45, 7) is 7.40. The van der Waals surface area contributed by atoms with E-state index >= 15 is 0 Å². The number of ether oxygens (including phenoxy) is 1. The fourth-order valence-corrected chi connectivity index (χ4v) is 4.38. The Morgan fingerprint density at radius 2 is 1.90 bits per heavy atom. The number of rotatable bonds is 7. The van der Waals surface area contributed by atoms with Crippen molar-refractivity contribution >= 4 is 11.8 Å². The molecule has 1 N–H and O–H groups in total. The van der Waals surface area contributed by atoms with Gasteiger partial charge in [-0.25, -0.2) is 0 Å². The highest BCUT2D eigenvalue weighted by atomic mass is 32.2. The third-order valence-corrected chi connectivity index (χ3v) is 5.70. The Balaban J connectivity index is 2.04. The van der Waals surface area contributed by atoms with Crippen LogP contribution in [0.5, 0.6) is 0 Å². The minimum Gasteiger partial charge on any atom is -0.381 e. The van der Waals surface area contributed by atoms with Gasteiger partial charge in [0.05, 0.1) is 0 Å². The molecule has 1 aliphatic heterocycles. The van der Waals surface area contributed by atoms with Crippen LogP contribution < -0.4 is 5.32 Å². The van der Waals surface area contributed by atoms with Crippen LogP contribution in [0.4, 0.5) is 0 Å². The van der Waals surface area contributed by atoms with Gasteiger partial charge in [-0.1, -0.05) is 44.2 Å². The van der Waals surface area contributed by atoms with Gasteiger partial charge in [0.2, 0.25) is 0 Å². The van der Waals surface area contributed by atoms with E-state index in [1.165, 1.54) is 24.8 Å². The van der Waals surface area contributed by atoms with E-state index in [-0.39, 0.29) is 0 Å². The van der Waals surface area contributed by atoms with E-state index in [9.17, 15) is 0 Å². The molecule has 2 atom stereocenters. The quantitative estimate of drug-likeness (QED) is 0.820. The number of thioether (sulfide) groups is 1. The fraction of sp³-hybridized carbons (Fsp3) is 0.647. The maximum absolute atomic E-state index is 5.48. The summed E-state index contributed by atoms with van der Waals surface area (Å²) in [4.78, 5) is 0. The van der Waals surface area contributed by atoms with Gasteiger partial charge in [0.25, 0.3) is 0 Å². The minimum absolute atomic E-state index is 0.457. The van der Waals surface area contributed by atoms with Crippen molar-refractivity contribution in [2.24, 2.45) is 0 Å². The third-order valence-electron chi connectivity index (χ3n) is 3.89. The van der Waals surface area contributed by atoms with Crippen molar-refractivity contribution in [3.05, 3.63) is 35.9 Å². The molecular formula is C17H27NOS. The van der Waals surface area contributed by atoms with Crippen LogP contribution in [0, 0.1) is 0 Å². The molecule has 2 nitrogen and oxygen atoms in total. The van der Waals surface area contributed by atoms with Gasteiger partial charge in [-0.3, -0.25) is 0 Å². The zero-order valence-electron chi connectivity index (χ0n) is 12.7. The predicted molar refractivity (Wildman–Crippen MR) is 88.4 cm³/mol. The number of hydrogen-bond acceptors (Lipinski definition) is 3. The monoisotopic (exact) mass is 293 g/mol. The van der Waals surface area contributed by atoms with Crippen LogP contribution in [0.3, 0.4) is 0 Å². The lowest BCUT2D eigenvalue weighted by molar-refractivity contribution is 0.0999. The van der Waals surface area contributed by atoms with Crippen molar-refractivity contribution < 1.29 is 4.74 Å². The molecule has 0 aliphatic carbocycles. The second-order valence-corrected chi connectivity index (χ2v) is 6.88. The van der Waals surface area contributed by atoms with Crippen molar-refractivity contribution in [2.45, 2.75) is 49.7 Å². The SMILES string of the molecule is CCNC(c1ccccc1)C(CC)SC1CCOCC1. The van der Waals surface area contributed by atoms with E-state index in [4.69, 9.17) is 4.74 Å². The third kappa shape index (κ3) is 4.51. The molecule has 3 heteroatoms. The Kier molecular flexibility index (Phi) is 6.91. The first kappa shape index (κ1) is 15.9. The molecule has 2 unspecified atom stereocenters. The molecule has 1 aliphatic rings. The Labute approximate surface area is 127 Å². The predicted octanol–water partition coefficient (Wildman–Crippen LogP) is 4.03. The molecule has 0 radical (unpaired) electrons. The summed E-state index contributed by atoms with van der Waals surface area (Å²) < 4.78 is 5.48. The standard InChI is InChI=1S/C17H27NOS/c1-3-16(20-15-10-12-19-13-11-15)17(18-4-2)14-8-6-5-7-9-14/h5-9,15-18H,3-4,10-13H2,1-2H3. The summed E-state index contributed by atoms with van der Waals surface area (Å²) in [5, 5.41) is 5.09. The molecule has 0 amide bonds. The molecule has 0 aromatic heterocycles. The summed E-state index contributed by atoms with van der Waals surface area (Å²) in [5.41, 5.74) is 1.42. The Morgan fingerprint density at radius 3 is 2.50 bits per heavy atom. The first-order valence-electron chi connectivity index (χ1n) is 7.86. The second-order valence-electron chi connectivity index (χ2n) is 5.34. The molecule has 1 aromatic carbocycles. The Morgan fingerprint density at radius 1 is 1.20 bits per heavy atom. The average molecular weight is 293 g/mol. The van der Waals surface area contributed by atoms with Gasteiger partial charge in [0.15, 0.2) is 0 Å². The smallest absolute Gasteiger partial charge is 0.0476 e. The van der Waals surface area contributed by atoms with Crippen molar-refractivity contribution in [3.8, 4) is 0 Å². The molecule has 1 aromatic rings. The summed E-state index contributed by atoms with van der Waals surface area (Å²) in [6.07, 6.45) is 3.61. The topological polar surface area (TPSA) is 21.3 Å². The van der Waals surface area contributed by atoms with E-state index in [2.05, 4.69) is 61.3 Å². The van der Waals surface area contributed by atoms with Gasteiger partial charge in [-0.15, -0.1) is 0 Å². The first-order chi connectivity index (χ1) is 9.85. The normalized spacial score (nSPS) is 19.7. The zero-order valence-corrected chi connectivity index (χ0v) is 13.5. The van der Waals surface area contributed by atoms with Crippen LogP contribution in [0.1, 0.15) is 44.7 Å². The van der Waals surface area contributed by atoms with Crippen molar-refractivity contribution in [2.75, 3.05) is 19.8 Å². The van der Waals surface area contributed by atoms with Gasteiger partial charge in [0.1, 0.15) is 0 Å². The zero-order chi connectivity index (χ0) is 14.2. The van der Waals surface area contributed by atoms with Crippen LogP contribution in [0.15, 0.2) is 30.3 Å². The van der Waals surface area contributed by atoms with Crippen LogP contribution in [-0.2, 0) is 4.74 Å². The molecule has 1 fully saturated rings. The van der Waals surface area contributed by atoms with Crippen molar-refractivity contribution in [3.63, 3.8) is 0 Å². The number of nitrogens with one attached hydrogen (secondary N) is 1. The molecule has 20 heavy (non-hydrogen) atoms. The summed E-state index contributed by atoms with van der Waals surface area (Å²) >= 11 is 2.17. The highest BCUT2D eigenvalue weighted by Crippen LogP contribution is 2.35. The molecule has 112 valence electrons. The van der Waals surface area contributed by atoms with Gasteiger partial charge in [-0.05, 0) is 31.4 Å². The van der Waals surface area contributed by atoms with Gasteiger partial charge in [0, 0.05) is 29.8 Å². The number of hydrogen-bond donors (Lipinski definition) is 1. The Bertz CT molecular complexity index is 365. The summed E-state index contributed by atoms with van der Waals surface area (Å²) in [7, 11) is 0. The molecule has 0 saturated carbocycles.